The highest BCUT2D eigenvalue weighted by Gasteiger charge is 2.21. The molecule has 0 atom stereocenters. The van der Waals surface area contributed by atoms with Crippen LogP contribution in [0, 0.1) is 10.1 Å². The quantitative estimate of drug-likeness (QED) is 0.223. The maximum absolute atomic E-state index is 13.1. The van der Waals surface area contributed by atoms with Gasteiger partial charge in [0.2, 0.25) is 0 Å². The van der Waals surface area contributed by atoms with Crippen LogP contribution in [0.2, 0.25) is 0 Å². The minimum absolute atomic E-state index is 0.00654. The number of carbonyl (C=O) groups is 1. The molecule has 0 saturated heterocycles. The lowest BCUT2D eigenvalue weighted by molar-refractivity contribution is -0.384. The second kappa shape index (κ2) is 8.99. The molecule has 11 nitrogen and oxygen atoms in total. The minimum atomic E-state index is -0.531. The molecular formula is C22H21N5O6. The zero-order valence-electron chi connectivity index (χ0n) is 18.2. The lowest BCUT2D eigenvalue weighted by atomic mass is 10.0. The number of ketones is 1. The molecule has 0 aliphatic heterocycles. The predicted octanol–water partition coefficient (Wildman–Crippen LogP) is 3.70. The molecule has 33 heavy (non-hydrogen) atoms. The van der Waals surface area contributed by atoms with Gasteiger partial charge in [-0.3, -0.25) is 20.0 Å². The first kappa shape index (κ1) is 21.8. The van der Waals surface area contributed by atoms with Gasteiger partial charge >= 0.3 is 0 Å². The summed E-state index contributed by atoms with van der Waals surface area (Å²) in [6.07, 6.45) is 1.54. The number of methoxy groups -OCH3 is 2. The summed E-state index contributed by atoms with van der Waals surface area (Å²) in [5.41, 5.74) is 2.66. The van der Waals surface area contributed by atoms with E-state index >= 15 is 0 Å². The lowest BCUT2D eigenvalue weighted by Gasteiger charge is -2.09. The minimum Gasteiger partial charge on any atom is -0.493 e. The van der Waals surface area contributed by atoms with Crippen LogP contribution < -0.4 is 14.2 Å². The highest BCUT2D eigenvalue weighted by molar-refractivity contribution is 6.01. The Morgan fingerprint density at radius 3 is 2.58 bits per heavy atom. The molecule has 2 heterocycles. The molecular weight excluding hydrogens is 430 g/mol. The molecule has 4 rings (SSSR count). The van der Waals surface area contributed by atoms with Gasteiger partial charge in [0.05, 0.1) is 54.6 Å². The van der Waals surface area contributed by atoms with E-state index in [4.69, 9.17) is 14.2 Å². The summed E-state index contributed by atoms with van der Waals surface area (Å²) < 4.78 is 16.1. The molecule has 0 bridgehead atoms. The van der Waals surface area contributed by atoms with Gasteiger partial charge in [-0.1, -0.05) is 0 Å². The van der Waals surface area contributed by atoms with Crippen molar-refractivity contribution in [3.05, 3.63) is 57.8 Å². The third kappa shape index (κ3) is 4.20. The van der Waals surface area contributed by atoms with Gasteiger partial charge < -0.3 is 19.2 Å². The number of nitrogens with zero attached hydrogens (tertiary/aromatic N) is 3. The SMILES string of the molecule is CCOc1cc([N+](=O)[O-])ccc1C(=O)Cc1cn[nH]c1-c1nc2cc(OC)c(OC)cc2[nH]1. The van der Waals surface area contributed by atoms with Crippen molar-refractivity contribution in [2.24, 2.45) is 0 Å². The van der Waals surface area contributed by atoms with Crippen molar-refractivity contribution in [2.45, 2.75) is 13.3 Å². The molecule has 0 spiro atoms. The van der Waals surface area contributed by atoms with Gasteiger partial charge in [-0.2, -0.15) is 5.10 Å². The summed E-state index contributed by atoms with van der Waals surface area (Å²) in [5.74, 6) is 1.50. The molecule has 0 aliphatic rings. The number of hydrogen-bond donors (Lipinski definition) is 2. The lowest BCUT2D eigenvalue weighted by Crippen LogP contribution is -2.08. The van der Waals surface area contributed by atoms with Crippen LogP contribution in [-0.4, -0.2) is 51.7 Å². The number of nitrogens with one attached hydrogen (secondary N) is 2. The van der Waals surface area contributed by atoms with Crippen molar-refractivity contribution in [1.82, 2.24) is 20.2 Å². The Morgan fingerprint density at radius 1 is 1.12 bits per heavy atom. The Kier molecular flexibility index (Phi) is 5.94. The highest BCUT2D eigenvalue weighted by Crippen LogP contribution is 2.33. The maximum Gasteiger partial charge on any atom is 0.273 e. The number of fused-ring (bicyclic) bond motifs is 1. The number of benzene rings is 2. The number of ether oxygens (including phenoxy) is 3. The van der Waals surface area contributed by atoms with Crippen LogP contribution in [0.15, 0.2) is 36.5 Å². The summed E-state index contributed by atoms with van der Waals surface area (Å²) in [6.45, 7) is 2.01. The van der Waals surface area contributed by atoms with Gasteiger partial charge in [-0.05, 0) is 13.0 Å². The highest BCUT2D eigenvalue weighted by atomic mass is 16.6. The molecule has 11 heteroatoms. The van der Waals surface area contributed by atoms with E-state index in [1.54, 1.807) is 39.5 Å². The van der Waals surface area contributed by atoms with E-state index in [9.17, 15) is 14.9 Å². The maximum atomic E-state index is 13.1. The van der Waals surface area contributed by atoms with E-state index in [0.29, 0.717) is 34.1 Å². The van der Waals surface area contributed by atoms with Crippen molar-refractivity contribution in [3.8, 4) is 28.8 Å². The molecule has 0 unspecified atom stereocenters. The van der Waals surface area contributed by atoms with Crippen LogP contribution in [0.3, 0.4) is 0 Å². The Bertz CT molecular complexity index is 1300. The van der Waals surface area contributed by atoms with Gasteiger partial charge in [-0.25, -0.2) is 4.98 Å². The number of aromatic amines is 2. The third-order valence-electron chi connectivity index (χ3n) is 5.07. The van der Waals surface area contributed by atoms with Crippen molar-refractivity contribution in [3.63, 3.8) is 0 Å². The fraction of sp³-hybridized carbons (Fsp3) is 0.227. The van der Waals surface area contributed by atoms with Gasteiger partial charge in [-0.15, -0.1) is 0 Å². The summed E-state index contributed by atoms with van der Waals surface area (Å²) in [5, 5.41) is 18.0. The van der Waals surface area contributed by atoms with E-state index in [0.717, 1.165) is 5.52 Å². The Hall–Kier alpha value is -4.41. The first-order valence-electron chi connectivity index (χ1n) is 10.0. The number of aromatic nitrogens is 4. The number of nitro groups is 1. The number of nitro benzene ring substituents is 1. The van der Waals surface area contributed by atoms with E-state index in [1.807, 2.05) is 0 Å². The molecule has 2 N–H and O–H groups in total. The molecule has 0 saturated carbocycles. The van der Waals surface area contributed by atoms with Crippen molar-refractivity contribution >= 4 is 22.5 Å². The van der Waals surface area contributed by atoms with Crippen molar-refractivity contribution in [1.29, 1.82) is 0 Å². The molecule has 2 aromatic carbocycles. The molecule has 0 radical (unpaired) electrons. The average molecular weight is 451 g/mol. The van der Waals surface area contributed by atoms with E-state index in [-0.39, 0.29) is 35.8 Å². The van der Waals surface area contributed by atoms with Crippen molar-refractivity contribution < 1.29 is 23.9 Å². The topological polar surface area (TPSA) is 145 Å². The number of hydrogen-bond acceptors (Lipinski definition) is 8. The van der Waals surface area contributed by atoms with Crippen LogP contribution in [0.5, 0.6) is 17.2 Å². The van der Waals surface area contributed by atoms with E-state index < -0.39 is 4.92 Å². The number of carbonyl (C=O) groups excluding carboxylic acids is 1. The largest absolute Gasteiger partial charge is 0.493 e. The number of rotatable bonds is 9. The van der Waals surface area contributed by atoms with Crippen LogP contribution in [0.25, 0.3) is 22.6 Å². The molecule has 0 fully saturated rings. The Labute approximate surface area is 187 Å². The molecule has 2 aromatic heterocycles. The second-order valence-electron chi connectivity index (χ2n) is 7.05. The molecule has 4 aromatic rings. The first-order chi connectivity index (χ1) is 15.9. The number of non-ortho nitro benzene ring substituents is 1. The zero-order valence-corrected chi connectivity index (χ0v) is 18.2. The molecule has 170 valence electrons. The average Bonchev–Trinajstić information content (AvgIpc) is 3.44. The van der Waals surface area contributed by atoms with Crippen molar-refractivity contribution in [2.75, 3.05) is 20.8 Å². The van der Waals surface area contributed by atoms with Gasteiger partial charge in [0.15, 0.2) is 23.1 Å². The summed E-state index contributed by atoms with van der Waals surface area (Å²) >= 11 is 0. The zero-order chi connectivity index (χ0) is 23.5. The molecule has 0 aliphatic carbocycles. The van der Waals surface area contributed by atoms with E-state index in [1.165, 1.54) is 18.2 Å². The Morgan fingerprint density at radius 2 is 1.88 bits per heavy atom. The first-order valence-corrected chi connectivity index (χ1v) is 10.0. The predicted molar refractivity (Wildman–Crippen MR) is 119 cm³/mol. The second-order valence-corrected chi connectivity index (χ2v) is 7.05. The van der Waals surface area contributed by atoms with Crippen LogP contribution in [0.1, 0.15) is 22.8 Å². The molecule has 0 amide bonds. The van der Waals surface area contributed by atoms with E-state index in [2.05, 4.69) is 20.2 Å². The third-order valence-corrected chi connectivity index (χ3v) is 5.07. The standard InChI is InChI=1S/C22H21N5O6/c1-4-33-18-8-13(27(29)30)5-6-14(18)17(28)7-12-11-23-26-21(12)22-24-15-9-19(31-2)20(32-3)10-16(15)25-22/h5-6,8-11H,4,7H2,1-3H3,(H,23,26)(H,24,25). The number of H-pyrrole nitrogens is 2. The normalized spacial score (nSPS) is 10.9. The summed E-state index contributed by atoms with van der Waals surface area (Å²) in [4.78, 5) is 31.4. The fourth-order valence-corrected chi connectivity index (χ4v) is 3.50. The fourth-order valence-electron chi connectivity index (χ4n) is 3.50. The monoisotopic (exact) mass is 451 g/mol. The van der Waals surface area contributed by atoms with Crippen LogP contribution >= 0.6 is 0 Å². The van der Waals surface area contributed by atoms with Gasteiger partial charge in [0.25, 0.3) is 5.69 Å². The number of Topliss-reactive ketones (excluding diaryl/α,β-unsaturated/α-hetero) is 1. The smallest absolute Gasteiger partial charge is 0.273 e. The summed E-state index contributed by atoms with van der Waals surface area (Å²) in [7, 11) is 3.10. The van der Waals surface area contributed by atoms with Crippen LogP contribution in [-0.2, 0) is 6.42 Å². The summed E-state index contributed by atoms with van der Waals surface area (Å²) in [6, 6.07) is 7.47. The van der Waals surface area contributed by atoms with Crippen LogP contribution in [0.4, 0.5) is 5.69 Å². The van der Waals surface area contributed by atoms with Gasteiger partial charge in [0.1, 0.15) is 11.4 Å². The van der Waals surface area contributed by atoms with Gasteiger partial charge in [0, 0.05) is 30.2 Å². The number of imidazole rings is 1. The Balaban J connectivity index is 1.66.